The van der Waals surface area contributed by atoms with Crippen molar-refractivity contribution in [3.8, 4) is 0 Å². The van der Waals surface area contributed by atoms with Gasteiger partial charge in [-0.2, -0.15) is 0 Å². The highest BCUT2D eigenvalue weighted by molar-refractivity contribution is 7.91. The highest BCUT2D eigenvalue weighted by atomic mass is 32.2. The molecule has 106 valence electrons. The molecular formula is C12H24N2O3S. The summed E-state index contributed by atoms with van der Waals surface area (Å²) >= 11 is 0. The molecule has 0 aromatic carbocycles. The molecule has 1 amide bonds. The molecule has 1 aliphatic rings. The topological polar surface area (TPSA) is 75.3 Å². The van der Waals surface area contributed by atoms with Gasteiger partial charge >= 0.3 is 0 Å². The van der Waals surface area contributed by atoms with E-state index in [-0.39, 0.29) is 24.0 Å². The molecule has 0 unspecified atom stereocenters. The molecule has 0 saturated heterocycles. The Hall–Kier alpha value is -0.620. The maximum absolute atomic E-state index is 11.6. The fourth-order valence-electron chi connectivity index (χ4n) is 2.10. The average molecular weight is 276 g/mol. The number of amides is 1. The van der Waals surface area contributed by atoms with Crippen molar-refractivity contribution in [3.05, 3.63) is 0 Å². The highest BCUT2D eigenvalue weighted by Crippen LogP contribution is 2.16. The van der Waals surface area contributed by atoms with Crippen molar-refractivity contribution in [2.75, 3.05) is 24.6 Å². The molecule has 0 aliphatic heterocycles. The van der Waals surface area contributed by atoms with Gasteiger partial charge in [0.1, 0.15) is 0 Å². The third-order valence-electron chi connectivity index (χ3n) is 3.29. The molecule has 0 atom stereocenters. The van der Waals surface area contributed by atoms with Crippen LogP contribution in [0, 0.1) is 0 Å². The van der Waals surface area contributed by atoms with Gasteiger partial charge in [0.25, 0.3) is 0 Å². The number of rotatable bonds is 7. The molecule has 18 heavy (non-hydrogen) atoms. The Kier molecular flexibility index (Phi) is 6.63. The SMILES string of the molecule is CCS(=O)(=O)CCNCC(=O)NC1CCCCC1. The van der Waals surface area contributed by atoms with Crippen molar-refractivity contribution in [1.29, 1.82) is 0 Å². The number of hydrogen-bond acceptors (Lipinski definition) is 4. The molecule has 0 aromatic rings. The summed E-state index contributed by atoms with van der Waals surface area (Å²) in [5.41, 5.74) is 0. The van der Waals surface area contributed by atoms with Crippen LogP contribution in [0.1, 0.15) is 39.0 Å². The van der Waals surface area contributed by atoms with Crippen LogP contribution in [-0.2, 0) is 14.6 Å². The number of sulfone groups is 1. The Labute approximate surface area is 110 Å². The van der Waals surface area contributed by atoms with Crippen molar-refractivity contribution in [1.82, 2.24) is 10.6 Å². The number of hydrogen-bond donors (Lipinski definition) is 2. The summed E-state index contributed by atoms with van der Waals surface area (Å²) in [6.45, 7) is 2.18. The maximum Gasteiger partial charge on any atom is 0.234 e. The molecule has 0 aromatic heterocycles. The zero-order valence-electron chi connectivity index (χ0n) is 11.1. The highest BCUT2D eigenvalue weighted by Gasteiger charge is 2.15. The van der Waals surface area contributed by atoms with Gasteiger partial charge in [0.2, 0.25) is 5.91 Å². The first-order valence-electron chi connectivity index (χ1n) is 6.74. The Morgan fingerprint density at radius 1 is 1.22 bits per heavy atom. The van der Waals surface area contributed by atoms with Crippen LogP contribution in [0.3, 0.4) is 0 Å². The van der Waals surface area contributed by atoms with Crippen molar-refractivity contribution < 1.29 is 13.2 Å². The van der Waals surface area contributed by atoms with Gasteiger partial charge in [-0.25, -0.2) is 8.42 Å². The van der Waals surface area contributed by atoms with Crippen LogP contribution in [0.25, 0.3) is 0 Å². The Morgan fingerprint density at radius 3 is 2.50 bits per heavy atom. The van der Waals surface area contributed by atoms with E-state index in [1.165, 1.54) is 19.3 Å². The molecule has 0 bridgehead atoms. The molecule has 1 aliphatic carbocycles. The molecule has 0 radical (unpaired) electrons. The van der Waals surface area contributed by atoms with E-state index in [4.69, 9.17) is 0 Å². The van der Waals surface area contributed by atoms with E-state index < -0.39 is 9.84 Å². The number of carbonyl (C=O) groups is 1. The van der Waals surface area contributed by atoms with Gasteiger partial charge in [0.05, 0.1) is 12.3 Å². The summed E-state index contributed by atoms with van der Waals surface area (Å²) in [5.74, 6) is 0.221. The van der Waals surface area contributed by atoms with Crippen molar-refractivity contribution in [3.63, 3.8) is 0 Å². The Bertz CT molecular complexity index is 348. The van der Waals surface area contributed by atoms with E-state index in [0.717, 1.165) is 12.8 Å². The molecule has 0 heterocycles. The van der Waals surface area contributed by atoms with Crippen LogP contribution in [0.15, 0.2) is 0 Å². The average Bonchev–Trinajstić information content (AvgIpc) is 2.36. The van der Waals surface area contributed by atoms with Crippen LogP contribution < -0.4 is 10.6 Å². The summed E-state index contributed by atoms with van der Waals surface area (Å²) < 4.78 is 22.4. The molecule has 2 N–H and O–H groups in total. The van der Waals surface area contributed by atoms with E-state index in [1.807, 2.05) is 0 Å². The Morgan fingerprint density at radius 2 is 1.89 bits per heavy atom. The third-order valence-corrected chi connectivity index (χ3v) is 4.99. The smallest absolute Gasteiger partial charge is 0.234 e. The van der Waals surface area contributed by atoms with Crippen LogP contribution in [-0.4, -0.2) is 45.0 Å². The first-order valence-corrected chi connectivity index (χ1v) is 8.56. The lowest BCUT2D eigenvalue weighted by molar-refractivity contribution is -0.121. The molecule has 1 saturated carbocycles. The Balaban J connectivity index is 2.10. The first kappa shape index (κ1) is 15.4. The fraction of sp³-hybridized carbons (Fsp3) is 0.917. The predicted molar refractivity (Wildman–Crippen MR) is 72.2 cm³/mol. The zero-order valence-corrected chi connectivity index (χ0v) is 11.9. The first-order chi connectivity index (χ1) is 8.53. The van der Waals surface area contributed by atoms with Gasteiger partial charge in [-0.05, 0) is 12.8 Å². The molecule has 1 rings (SSSR count). The summed E-state index contributed by atoms with van der Waals surface area (Å²) in [5, 5.41) is 5.85. The minimum atomic E-state index is -2.94. The van der Waals surface area contributed by atoms with Gasteiger partial charge in [-0.1, -0.05) is 26.2 Å². The van der Waals surface area contributed by atoms with Crippen molar-refractivity contribution in [2.45, 2.75) is 45.1 Å². The van der Waals surface area contributed by atoms with Crippen molar-refractivity contribution >= 4 is 15.7 Å². The normalized spacial score (nSPS) is 17.6. The van der Waals surface area contributed by atoms with Crippen molar-refractivity contribution in [2.24, 2.45) is 0 Å². The molecular weight excluding hydrogens is 252 g/mol. The second-order valence-corrected chi connectivity index (χ2v) is 7.29. The maximum atomic E-state index is 11.6. The van der Waals surface area contributed by atoms with Crippen LogP contribution in [0.5, 0.6) is 0 Å². The zero-order chi connectivity index (χ0) is 13.4. The van der Waals surface area contributed by atoms with Gasteiger partial charge in [0, 0.05) is 18.3 Å². The molecule has 6 heteroatoms. The van der Waals surface area contributed by atoms with Crippen LogP contribution >= 0.6 is 0 Å². The lowest BCUT2D eigenvalue weighted by Crippen LogP contribution is -2.42. The largest absolute Gasteiger partial charge is 0.352 e. The minimum Gasteiger partial charge on any atom is -0.352 e. The lowest BCUT2D eigenvalue weighted by Gasteiger charge is -2.22. The van der Waals surface area contributed by atoms with E-state index >= 15 is 0 Å². The lowest BCUT2D eigenvalue weighted by atomic mass is 9.95. The minimum absolute atomic E-state index is 0.0317. The summed E-state index contributed by atoms with van der Waals surface area (Å²) in [6, 6.07) is 0.312. The molecule has 1 fully saturated rings. The van der Waals surface area contributed by atoms with E-state index in [1.54, 1.807) is 6.92 Å². The summed E-state index contributed by atoms with van der Waals surface area (Å²) in [7, 11) is -2.94. The summed E-state index contributed by atoms with van der Waals surface area (Å²) in [6.07, 6.45) is 5.77. The van der Waals surface area contributed by atoms with Gasteiger partial charge < -0.3 is 10.6 Å². The predicted octanol–water partition coefficient (Wildman–Crippen LogP) is 0.460. The van der Waals surface area contributed by atoms with Crippen LogP contribution in [0.2, 0.25) is 0 Å². The van der Waals surface area contributed by atoms with Crippen LogP contribution in [0.4, 0.5) is 0 Å². The summed E-state index contributed by atoms with van der Waals surface area (Å²) in [4.78, 5) is 11.6. The van der Waals surface area contributed by atoms with Gasteiger partial charge in [0.15, 0.2) is 9.84 Å². The molecule has 0 spiro atoms. The molecule has 5 nitrogen and oxygen atoms in total. The third kappa shape index (κ3) is 6.35. The second-order valence-electron chi connectivity index (χ2n) is 4.82. The second kappa shape index (κ2) is 7.74. The monoisotopic (exact) mass is 276 g/mol. The van der Waals surface area contributed by atoms with Gasteiger partial charge in [-0.3, -0.25) is 4.79 Å². The standard InChI is InChI=1S/C12H24N2O3S/c1-2-18(16,17)9-8-13-10-12(15)14-11-6-4-3-5-7-11/h11,13H,2-10H2,1H3,(H,14,15). The number of nitrogens with one attached hydrogen (secondary N) is 2. The van der Waals surface area contributed by atoms with E-state index in [0.29, 0.717) is 12.6 Å². The van der Waals surface area contributed by atoms with Gasteiger partial charge in [-0.15, -0.1) is 0 Å². The van der Waals surface area contributed by atoms with E-state index in [9.17, 15) is 13.2 Å². The number of carbonyl (C=O) groups excluding carboxylic acids is 1. The quantitative estimate of drug-likeness (QED) is 0.662. The fourth-order valence-corrected chi connectivity index (χ4v) is 2.84. The van der Waals surface area contributed by atoms with E-state index in [2.05, 4.69) is 10.6 Å².